The maximum absolute atomic E-state index is 12.2. The standard InChI is InChI=1S/C13H14BrF3O3/c14-9-7-12-11(19-4-1-5-20-12)6-8(9)10(18)2-3-13(15,16)17/h6-7,10,18H,1-5H2. The van der Waals surface area contributed by atoms with E-state index in [-0.39, 0.29) is 6.42 Å². The molecule has 20 heavy (non-hydrogen) atoms. The Morgan fingerprint density at radius 2 is 1.80 bits per heavy atom. The average Bonchev–Trinajstić information content (AvgIpc) is 2.58. The third-order valence-corrected chi connectivity index (χ3v) is 3.61. The molecular formula is C13H14BrF3O3. The van der Waals surface area contributed by atoms with Gasteiger partial charge in [0, 0.05) is 17.3 Å². The molecule has 2 rings (SSSR count). The number of aliphatic hydroxyl groups excluding tert-OH is 1. The Morgan fingerprint density at radius 1 is 1.20 bits per heavy atom. The van der Waals surface area contributed by atoms with E-state index in [4.69, 9.17) is 9.47 Å². The van der Waals surface area contributed by atoms with E-state index in [1.165, 1.54) is 6.07 Å². The van der Waals surface area contributed by atoms with Crippen LogP contribution in [0.25, 0.3) is 0 Å². The van der Waals surface area contributed by atoms with Gasteiger partial charge < -0.3 is 14.6 Å². The van der Waals surface area contributed by atoms with Crippen LogP contribution in [0.5, 0.6) is 11.5 Å². The Kier molecular flexibility index (Phi) is 4.80. The number of rotatable bonds is 3. The largest absolute Gasteiger partial charge is 0.490 e. The number of benzene rings is 1. The van der Waals surface area contributed by atoms with E-state index in [1.807, 2.05) is 0 Å². The zero-order valence-electron chi connectivity index (χ0n) is 10.5. The number of ether oxygens (including phenoxy) is 2. The summed E-state index contributed by atoms with van der Waals surface area (Å²) < 4.78 is 48.0. The molecule has 1 aliphatic rings. The fraction of sp³-hybridized carbons (Fsp3) is 0.538. The number of alkyl halides is 3. The highest BCUT2D eigenvalue weighted by molar-refractivity contribution is 9.10. The summed E-state index contributed by atoms with van der Waals surface area (Å²) in [5.74, 6) is 0.980. The van der Waals surface area contributed by atoms with Gasteiger partial charge in [0.25, 0.3) is 0 Å². The van der Waals surface area contributed by atoms with Crippen LogP contribution < -0.4 is 9.47 Å². The number of halogens is 4. The molecule has 112 valence electrons. The van der Waals surface area contributed by atoms with Gasteiger partial charge in [-0.3, -0.25) is 0 Å². The number of hydrogen-bond acceptors (Lipinski definition) is 3. The monoisotopic (exact) mass is 354 g/mol. The lowest BCUT2D eigenvalue weighted by Crippen LogP contribution is -2.10. The zero-order chi connectivity index (χ0) is 14.8. The molecule has 0 aliphatic carbocycles. The highest BCUT2D eigenvalue weighted by atomic mass is 79.9. The van der Waals surface area contributed by atoms with E-state index in [2.05, 4.69) is 15.9 Å². The molecular weight excluding hydrogens is 341 g/mol. The van der Waals surface area contributed by atoms with E-state index in [1.54, 1.807) is 6.07 Å². The van der Waals surface area contributed by atoms with E-state index < -0.39 is 18.7 Å². The summed E-state index contributed by atoms with van der Waals surface area (Å²) in [6, 6.07) is 3.15. The van der Waals surface area contributed by atoms with Gasteiger partial charge in [-0.2, -0.15) is 13.2 Å². The van der Waals surface area contributed by atoms with Gasteiger partial charge in [-0.1, -0.05) is 15.9 Å². The van der Waals surface area contributed by atoms with Crippen molar-refractivity contribution in [3.63, 3.8) is 0 Å². The average molecular weight is 355 g/mol. The Labute approximate surface area is 122 Å². The van der Waals surface area contributed by atoms with Crippen molar-refractivity contribution in [3.8, 4) is 11.5 Å². The normalized spacial score (nSPS) is 16.6. The van der Waals surface area contributed by atoms with Gasteiger partial charge in [0.15, 0.2) is 11.5 Å². The lowest BCUT2D eigenvalue weighted by molar-refractivity contribution is -0.140. The molecule has 1 aromatic rings. The molecule has 0 bridgehead atoms. The minimum absolute atomic E-state index is 0.374. The van der Waals surface area contributed by atoms with Gasteiger partial charge >= 0.3 is 6.18 Å². The van der Waals surface area contributed by atoms with Crippen LogP contribution in [0.1, 0.15) is 30.9 Å². The van der Waals surface area contributed by atoms with Gasteiger partial charge in [0.05, 0.1) is 19.3 Å². The number of hydrogen-bond donors (Lipinski definition) is 1. The first-order valence-corrected chi connectivity index (χ1v) is 7.00. The fourth-order valence-corrected chi connectivity index (χ4v) is 2.50. The van der Waals surface area contributed by atoms with E-state index >= 15 is 0 Å². The Morgan fingerprint density at radius 3 is 2.40 bits per heavy atom. The van der Waals surface area contributed by atoms with Crippen molar-refractivity contribution >= 4 is 15.9 Å². The molecule has 0 fully saturated rings. The van der Waals surface area contributed by atoms with Crippen molar-refractivity contribution in [2.45, 2.75) is 31.5 Å². The Balaban J connectivity index is 2.17. The van der Waals surface area contributed by atoms with Crippen LogP contribution in [-0.4, -0.2) is 24.5 Å². The predicted octanol–water partition coefficient (Wildman–Crippen LogP) is 3.99. The van der Waals surface area contributed by atoms with Gasteiger partial charge in [-0.25, -0.2) is 0 Å². The first-order valence-electron chi connectivity index (χ1n) is 6.20. The summed E-state index contributed by atoms with van der Waals surface area (Å²) in [4.78, 5) is 0. The summed E-state index contributed by atoms with van der Waals surface area (Å²) in [7, 11) is 0. The summed E-state index contributed by atoms with van der Waals surface area (Å²) in [5.41, 5.74) is 0.374. The molecule has 1 N–H and O–H groups in total. The topological polar surface area (TPSA) is 38.7 Å². The quantitative estimate of drug-likeness (QED) is 0.891. The smallest absolute Gasteiger partial charge is 0.389 e. The second-order valence-corrected chi connectivity index (χ2v) is 5.39. The SMILES string of the molecule is OC(CCC(F)(F)F)c1cc2c(cc1Br)OCCCO2. The summed E-state index contributed by atoms with van der Waals surface area (Å²) in [6.07, 6.45) is -6.17. The number of fused-ring (bicyclic) bond motifs is 1. The van der Waals surface area contributed by atoms with Crippen molar-refractivity contribution in [1.82, 2.24) is 0 Å². The van der Waals surface area contributed by atoms with Crippen LogP contribution in [0, 0.1) is 0 Å². The molecule has 0 aromatic heterocycles. The van der Waals surface area contributed by atoms with Crippen LogP contribution in [0.3, 0.4) is 0 Å². The molecule has 0 saturated carbocycles. The van der Waals surface area contributed by atoms with Crippen LogP contribution in [0.2, 0.25) is 0 Å². The van der Waals surface area contributed by atoms with Crippen molar-refractivity contribution in [2.75, 3.05) is 13.2 Å². The highest BCUT2D eigenvalue weighted by Gasteiger charge is 2.29. The second-order valence-electron chi connectivity index (χ2n) is 4.54. The lowest BCUT2D eigenvalue weighted by atomic mass is 10.0. The summed E-state index contributed by atoms with van der Waals surface area (Å²) in [5, 5.41) is 9.91. The summed E-state index contributed by atoms with van der Waals surface area (Å²) >= 11 is 3.25. The maximum atomic E-state index is 12.2. The van der Waals surface area contributed by atoms with Crippen LogP contribution in [-0.2, 0) is 0 Å². The minimum Gasteiger partial charge on any atom is -0.490 e. The second kappa shape index (κ2) is 6.22. The predicted molar refractivity (Wildman–Crippen MR) is 70.0 cm³/mol. The highest BCUT2D eigenvalue weighted by Crippen LogP contribution is 2.39. The molecule has 1 heterocycles. The first kappa shape index (κ1) is 15.4. The molecule has 1 aliphatic heterocycles. The van der Waals surface area contributed by atoms with Gasteiger partial charge in [-0.05, 0) is 24.1 Å². The van der Waals surface area contributed by atoms with Crippen molar-refractivity contribution in [2.24, 2.45) is 0 Å². The van der Waals surface area contributed by atoms with Crippen LogP contribution >= 0.6 is 15.9 Å². The zero-order valence-corrected chi connectivity index (χ0v) is 12.1. The maximum Gasteiger partial charge on any atom is 0.389 e. The number of aliphatic hydroxyl groups is 1. The molecule has 0 spiro atoms. The Hall–Kier alpha value is -0.950. The minimum atomic E-state index is -4.28. The van der Waals surface area contributed by atoms with Gasteiger partial charge in [0.1, 0.15) is 0 Å². The first-order chi connectivity index (χ1) is 9.37. The van der Waals surface area contributed by atoms with Crippen LogP contribution in [0.15, 0.2) is 16.6 Å². The van der Waals surface area contributed by atoms with Crippen molar-refractivity contribution in [1.29, 1.82) is 0 Å². The van der Waals surface area contributed by atoms with Gasteiger partial charge in [0.2, 0.25) is 0 Å². The molecule has 1 atom stereocenters. The molecule has 3 nitrogen and oxygen atoms in total. The lowest BCUT2D eigenvalue weighted by Gasteiger charge is -2.17. The third-order valence-electron chi connectivity index (χ3n) is 2.93. The van der Waals surface area contributed by atoms with E-state index in [0.29, 0.717) is 34.7 Å². The van der Waals surface area contributed by atoms with Crippen LogP contribution in [0.4, 0.5) is 13.2 Å². The molecule has 1 aromatic carbocycles. The van der Waals surface area contributed by atoms with Gasteiger partial charge in [-0.15, -0.1) is 0 Å². The molecule has 1 unspecified atom stereocenters. The Bertz CT molecular complexity index is 477. The van der Waals surface area contributed by atoms with E-state index in [9.17, 15) is 18.3 Å². The van der Waals surface area contributed by atoms with E-state index in [0.717, 1.165) is 6.42 Å². The molecule has 0 saturated heterocycles. The third kappa shape index (κ3) is 4.02. The molecule has 7 heteroatoms. The fourth-order valence-electron chi connectivity index (χ4n) is 1.91. The molecule has 0 radical (unpaired) electrons. The van der Waals surface area contributed by atoms with Crippen molar-refractivity contribution in [3.05, 3.63) is 22.2 Å². The van der Waals surface area contributed by atoms with Crippen molar-refractivity contribution < 1.29 is 27.8 Å². The summed E-state index contributed by atoms with van der Waals surface area (Å²) in [6.45, 7) is 1.00. The molecule has 0 amide bonds.